The first kappa shape index (κ1) is 15.5. The number of aryl methyl sites for hydroxylation is 3. The fourth-order valence-corrected chi connectivity index (χ4v) is 2.91. The maximum Gasteiger partial charge on any atom is 0.272 e. The van der Waals surface area contributed by atoms with Gasteiger partial charge in [-0.2, -0.15) is 5.10 Å². The van der Waals surface area contributed by atoms with Crippen molar-refractivity contribution in [2.75, 3.05) is 0 Å². The quantitative estimate of drug-likeness (QED) is 0.909. The second kappa shape index (κ2) is 6.36. The van der Waals surface area contributed by atoms with Crippen LogP contribution < -0.4 is 10.9 Å². The van der Waals surface area contributed by atoms with Crippen molar-refractivity contribution in [2.45, 2.75) is 52.2 Å². The summed E-state index contributed by atoms with van der Waals surface area (Å²) in [6, 6.07) is 2.94. The Morgan fingerprint density at radius 2 is 2.26 bits per heavy atom. The average molecular weight is 315 g/mol. The van der Waals surface area contributed by atoms with Crippen LogP contribution in [0.2, 0.25) is 0 Å². The van der Waals surface area contributed by atoms with Crippen LogP contribution in [0.1, 0.15) is 41.8 Å². The molecule has 2 aromatic heterocycles. The van der Waals surface area contributed by atoms with Crippen LogP contribution in [-0.4, -0.2) is 31.3 Å². The van der Waals surface area contributed by atoms with Gasteiger partial charge in [-0.05, 0) is 25.8 Å². The minimum absolute atomic E-state index is 0.0527. The molecule has 7 heteroatoms. The minimum atomic E-state index is -0.236. The molecule has 2 aromatic rings. The van der Waals surface area contributed by atoms with Crippen molar-refractivity contribution in [3.05, 3.63) is 45.9 Å². The highest BCUT2D eigenvalue weighted by Crippen LogP contribution is 2.15. The number of hydrogen-bond acceptors (Lipinski definition) is 4. The lowest BCUT2D eigenvalue weighted by Crippen LogP contribution is -2.41. The molecule has 0 spiro atoms. The number of nitrogens with zero attached hydrogens (tertiary/aromatic N) is 4. The van der Waals surface area contributed by atoms with Crippen molar-refractivity contribution in [1.82, 2.24) is 24.6 Å². The molecule has 0 saturated carbocycles. The molecule has 23 heavy (non-hydrogen) atoms. The van der Waals surface area contributed by atoms with E-state index in [0.29, 0.717) is 6.54 Å². The lowest BCUT2D eigenvalue weighted by Gasteiger charge is -2.24. The Balaban J connectivity index is 1.70. The second-order valence-corrected chi connectivity index (χ2v) is 5.94. The fourth-order valence-electron chi connectivity index (χ4n) is 2.91. The summed E-state index contributed by atoms with van der Waals surface area (Å²) in [6.07, 6.45) is 4.51. The van der Waals surface area contributed by atoms with Gasteiger partial charge >= 0.3 is 0 Å². The van der Waals surface area contributed by atoms with E-state index in [1.165, 1.54) is 16.8 Å². The summed E-state index contributed by atoms with van der Waals surface area (Å²) in [7, 11) is 0. The first-order valence-electron chi connectivity index (χ1n) is 7.98. The van der Waals surface area contributed by atoms with Gasteiger partial charge in [0, 0.05) is 37.8 Å². The number of imidazole rings is 1. The van der Waals surface area contributed by atoms with Crippen LogP contribution in [-0.2, 0) is 19.5 Å². The Labute approximate surface area is 134 Å². The van der Waals surface area contributed by atoms with Gasteiger partial charge in [-0.25, -0.2) is 9.67 Å². The van der Waals surface area contributed by atoms with E-state index < -0.39 is 0 Å². The number of aromatic nitrogens is 4. The van der Waals surface area contributed by atoms with Gasteiger partial charge in [-0.3, -0.25) is 9.59 Å². The van der Waals surface area contributed by atoms with Gasteiger partial charge in [-0.1, -0.05) is 6.92 Å². The van der Waals surface area contributed by atoms with Crippen LogP contribution in [0.4, 0.5) is 0 Å². The molecule has 0 aliphatic carbocycles. The van der Waals surface area contributed by atoms with Gasteiger partial charge in [0.2, 0.25) is 0 Å². The Bertz CT molecular complexity index is 777. The van der Waals surface area contributed by atoms with Crippen LogP contribution in [0.5, 0.6) is 0 Å². The van der Waals surface area contributed by atoms with Gasteiger partial charge in [0.25, 0.3) is 11.5 Å². The average Bonchev–Trinajstić information content (AvgIpc) is 2.89. The van der Waals surface area contributed by atoms with Crippen LogP contribution in [0.15, 0.2) is 23.1 Å². The van der Waals surface area contributed by atoms with Crippen LogP contribution in [0.3, 0.4) is 0 Å². The Morgan fingerprint density at radius 3 is 3.04 bits per heavy atom. The van der Waals surface area contributed by atoms with E-state index >= 15 is 0 Å². The zero-order valence-electron chi connectivity index (χ0n) is 13.5. The largest absolute Gasteiger partial charge is 0.346 e. The lowest BCUT2D eigenvalue weighted by molar-refractivity contribution is 0.0920. The Morgan fingerprint density at radius 1 is 1.43 bits per heavy atom. The van der Waals surface area contributed by atoms with E-state index in [0.717, 1.165) is 37.3 Å². The highest BCUT2D eigenvalue weighted by molar-refractivity contribution is 5.92. The molecule has 1 amide bonds. The third-order valence-corrected chi connectivity index (χ3v) is 3.98. The van der Waals surface area contributed by atoms with Gasteiger partial charge in [0.05, 0.1) is 5.69 Å². The number of amides is 1. The maximum atomic E-state index is 12.4. The highest BCUT2D eigenvalue weighted by Gasteiger charge is 2.22. The van der Waals surface area contributed by atoms with Crippen LogP contribution >= 0.6 is 0 Å². The van der Waals surface area contributed by atoms with Gasteiger partial charge in [0.1, 0.15) is 11.5 Å². The van der Waals surface area contributed by atoms with Crippen molar-refractivity contribution >= 4 is 5.91 Å². The molecule has 0 fully saturated rings. The SMILES string of the molecule is CCCn1nc(C(=O)N[C@H]2CCc3nc(C)cn3C2)ccc1=O. The van der Waals surface area contributed by atoms with E-state index in [1.807, 2.05) is 20.0 Å². The van der Waals surface area contributed by atoms with Gasteiger partial charge < -0.3 is 9.88 Å². The van der Waals surface area contributed by atoms with Crippen molar-refractivity contribution in [3.63, 3.8) is 0 Å². The number of rotatable bonds is 4. The topological polar surface area (TPSA) is 81.8 Å². The summed E-state index contributed by atoms with van der Waals surface area (Å²) >= 11 is 0. The maximum absolute atomic E-state index is 12.4. The normalized spacial score (nSPS) is 16.9. The third-order valence-electron chi connectivity index (χ3n) is 3.98. The molecule has 0 bridgehead atoms. The molecule has 122 valence electrons. The molecule has 0 radical (unpaired) electrons. The predicted octanol–water partition coefficient (Wildman–Crippen LogP) is 0.903. The number of nitrogens with one attached hydrogen (secondary N) is 1. The van der Waals surface area contributed by atoms with Crippen LogP contribution in [0, 0.1) is 6.92 Å². The van der Waals surface area contributed by atoms with E-state index in [4.69, 9.17) is 0 Å². The smallest absolute Gasteiger partial charge is 0.272 e. The monoisotopic (exact) mass is 315 g/mol. The standard InChI is InChI=1S/C16H21N5O2/c1-3-8-21-15(22)7-5-13(19-21)16(23)18-12-4-6-14-17-11(2)9-20(14)10-12/h5,7,9,12H,3-4,6,8,10H2,1-2H3,(H,18,23)/t12-/m0/s1. The number of hydrogen-bond donors (Lipinski definition) is 1. The second-order valence-electron chi connectivity index (χ2n) is 5.94. The van der Waals surface area contributed by atoms with E-state index in [1.54, 1.807) is 0 Å². The van der Waals surface area contributed by atoms with Crippen molar-refractivity contribution in [3.8, 4) is 0 Å². The van der Waals surface area contributed by atoms with Gasteiger partial charge in [-0.15, -0.1) is 0 Å². The first-order valence-corrected chi connectivity index (χ1v) is 7.98. The lowest BCUT2D eigenvalue weighted by atomic mass is 10.1. The van der Waals surface area contributed by atoms with E-state index in [2.05, 4.69) is 20.0 Å². The summed E-state index contributed by atoms with van der Waals surface area (Å²) < 4.78 is 3.43. The molecular weight excluding hydrogens is 294 g/mol. The summed E-state index contributed by atoms with van der Waals surface area (Å²) in [4.78, 5) is 28.5. The molecule has 0 aromatic carbocycles. The summed E-state index contributed by atoms with van der Waals surface area (Å²) in [5, 5.41) is 7.16. The summed E-state index contributed by atoms with van der Waals surface area (Å²) in [6.45, 7) is 5.17. The summed E-state index contributed by atoms with van der Waals surface area (Å²) in [5.41, 5.74) is 1.10. The number of carbonyl (C=O) groups excluding carboxylic acids is 1. The van der Waals surface area contributed by atoms with Crippen molar-refractivity contribution < 1.29 is 4.79 Å². The zero-order chi connectivity index (χ0) is 16.4. The molecule has 1 aliphatic heterocycles. The minimum Gasteiger partial charge on any atom is -0.346 e. The number of carbonyl (C=O) groups is 1. The van der Waals surface area contributed by atoms with Crippen LogP contribution in [0.25, 0.3) is 0 Å². The fraction of sp³-hybridized carbons (Fsp3) is 0.500. The molecule has 3 heterocycles. The first-order chi connectivity index (χ1) is 11.1. The van der Waals surface area contributed by atoms with E-state index in [9.17, 15) is 9.59 Å². The summed E-state index contributed by atoms with van der Waals surface area (Å²) in [5.74, 6) is 0.836. The number of fused-ring (bicyclic) bond motifs is 1. The Kier molecular flexibility index (Phi) is 4.27. The highest BCUT2D eigenvalue weighted by atomic mass is 16.2. The molecule has 0 unspecified atom stereocenters. The molecule has 7 nitrogen and oxygen atoms in total. The van der Waals surface area contributed by atoms with Crippen molar-refractivity contribution in [1.29, 1.82) is 0 Å². The molecule has 3 rings (SSSR count). The molecule has 1 aliphatic rings. The zero-order valence-corrected chi connectivity index (χ0v) is 13.5. The molecule has 0 saturated heterocycles. The molecular formula is C16H21N5O2. The van der Waals surface area contributed by atoms with E-state index in [-0.39, 0.29) is 23.2 Å². The predicted molar refractivity (Wildman–Crippen MR) is 85.3 cm³/mol. The molecule has 1 N–H and O–H groups in total. The Hall–Kier alpha value is -2.44. The molecule has 1 atom stereocenters. The van der Waals surface area contributed by atoms with Crippen molar-refractivity contribution in [2.24, 2.45) is 0 Å². The third kappa shape index (κ3) is 3.33. The van der Waals surface area contributed by atoms with Gasteiger partial charge in [0.15, 0.2) is 0 Å².